The highest BCUT2D eigenvalue weighted by atomic mass is 16.5. The van der Waals surface area contributed by atoms with Gasteiger partial charge in [-0.1, -0.05) is 37.8 Å². The highest BCUT2D eigenvalue weighted by Crippen LogP contribution is 2.02. The predicted octanol–water partition coefficient (Wildman–Crippen LogP) is 2.23. The van der Waals surface area contributed by atoms with Crippen LogP contribution in [-0.4, -0.2) is 17.0 Å². The minimum atomic E-state index is -0.994. The Labute approximate surface area is 94.9 Å². The number of ether oxygens (including phenoxy) is 1. The van der Waals surface area contributed by atoms with Crippen LogP contribution in [0.2, 0.25) is 0 Å². The third kappa shape index (κ3) is 5.80. The molecule has 0 saturated carbocycles. The summed E-state index contributed by atoms with van der Waals surface area (Å²) in [7, 11) is 0. The Bertz CT molecular complexity index is 332. The Balaban J connectivity index is 0.00000225. The van der Waals surface area contributed by atoms with Crippen LogP contribution in [0.4, 0.5) is 0 Å². The van der Waals surface area contributed by atoms with Gasteiger partial charge in [0.1, 0.15) is 6.61 Å². The fraction of sp³-hybridized carbons (Fsp3) is 0.333. The molecule has 1 aromatic rings. The van der Waals surface area contributed by atoms with E-state index in [-0.39, 0.29) is 26.9 Å². The summed E-state index contributed by atoms with van der Waals surface area (Å²) >= 11 is 0. The predicted molar refractivity (Wildman–Crippen MR) is 59.8 cm³/mol. The van der Waals surface area contributed by atoms with Crippen LogP contribution >= 0.6 is 0 Å². The Morgan fingerprint density at radius 2 is 1.75 bits per heavy atom. The molecule has 0 bridgehead atoms. The summed E-state index contributed by atoms with van der Waals surface area (Å²) in [6.45, 7) is 0.194. The van der Waals surface area contributed by atoms with E-state index < -0.39 is 11.9 Å². The highest BCUT2D eigenvalue weighted by molar-refractivity contribution is 5.76. The van der Waals surface area contributed by atoms with Gasteiger partial charge in [-0.2, -0.15) is 0 Å². The molecule has 0 atom stereocenters. The maximum absolute atomic E-state index is 11.0. The second-order valence-corrected chi connectivity index (χ2v) is 3.04. The van der Waals surface area contributed by atoms with Gasteiger partial charge in [0.25, 0.3) is 0 Å². The molecule has 0 saturated heterocycles. The first-order valence-corrected chi connectivity index (χ1v) is 4.60. The maximum Gasteiger partial charge on any atom is 0.306 e. The van der Waals surface area contributed by atoms with Crippen molar-refractivity contribution < 1.29 is 19.4 Å². The molecule has 16 heavy (non-hydrogen) atoms. The van der Waals surface area contributed by atoms with E-state index in [2.05, 4.69) is 0 Å². The zero-order valence-electron chi connectivity index (χ0n) is 8.18. The largest absolute Gasteiger partial charge is 0.481 e. The van der Waals surface area contributed by atoms with Gasteiger partial charge in [-0.05, 0) is 5.56 Å². The van der Waals surface area contributed by atoms with Crippen molar-refractivity contribution in [2.45, 2.75) is 26.9 Å². The molecule has 0 radical (unpaired) electrons. The van der Waals surface area contributed by atoms with Gasteiger partial charge in [0, 0.05) is 0 Å². The fourth-order valence-electron chi connectivity index (χ4n) is 1.02. The second-order valence-electron chi connectivity index (χ2n) is 3.04. The van der Waals surface area contributed by atoms with Gasteiger partial charge in [0.2, 0.25) is 0 Å². The first-order chi connectivity index (χ1) is 7.18. The number of hydrogen-bond donors (Lipinski definition) is 1. The molecule has 0 aliphatic rings. The number of carboxylic acids is 1. The molecule has 0 fully saturated rings. The van der Waals surface area contributed by atoms with E-state index in [0.717, 1.165) is 5.56 Å². The summed E-state index contributed by atoms with van der Waals surface area (Å²) in [5, 5.41) is 8.34. The van der Waals surface area contributed by atoms with Gasteiger partial charge in [0.05, 0.1) is 12.8 Å². The average Bonchev–Trinajstić information content (AvgIpc) is 2.25. The Hall–Kier alpha value is -1.84. The molecule has 0 unspecified atom stereocenters. The van der Waals surface area contributed by atoms with Gasteiger partial charge in [-0.25, -0.2) is 0 Å². The fourth-order valence-corrected chi connectivity index (χ4v) is 1.02. The summed E-state index contributed by atoms with van der Waals surface area (Å²) in [5.41, 5.74) is 0.890. The van der Waals surface area contributed by atoms with Gasteiger partial charge < -0.3 is 9.84 Å². The van der Waals surface area contributed by atoms with Crippen molar-refractivity contribution >= 4 is 11.9 Å². The van der Waals surface area contributed by atoms with Gasteiger partial charge in [0.15, 0.2) is 0 Å². The molecule has 4 nitrogen and oxygen atoms in total. The van der Waals surface area contributed by atoms with Gasteiger partial charge >= 0.3 is 11.9 Å². The Kier molecular flexibility index (Phi) is 6.59. The standard InChI is InChI=1S/C11H12O4.CH4/c12-10(13)6-7-11(14)15-8-9-4-2-1-3-5-9;/h1-5H,6-8H2,(H,12,13);1H4. The third-order valence-electron chi connectivity index (χ3n) is 1.79. The Morgan fingerprint density at radius 1 is 1.12 bits per heavy atom. The zero-order valence-corrected chi connectivity index (χ0v) is 8.18. The first kappa shape index (κ1) is 14.2. The number of hydrogen-bond acceptors (Lipinski definition) is 3. The van der Waals surface area contributed by atoms with Crippen molar-refractivity contribution in [3.05, 3.63) is 35.9 Å². The monoisotopic (exact) mass is 224 g/mol. The van der Waals surface area contributed by atoms with Crippen molar-refractivity contribution in [1.82, 2.24) is 0 Å². The molecule has 1 N–H and O–H groups in total. The molecule has 0 aliphatic heterocycles. The second kappa shape index (κ2) is 7.45. The minimum absolute atomic E-state index is 0. The van der Waals surface area contributed by atoms with Crippen LogP contribution in [0.3, 0.4) is 0 Å². The molecule has 0 amide bonds. The number of aliphatic carboxylic acids is 1. The molecule has 88 valence electrons. The van der Waals surface area contributed by atoms with E-state index in [0.29, 0.717) is 0 Å². The molecule has 1 aromatic carbocycles. The lowest BCUT2D eigenvalue weighted by Gasteiger charge is -2.03. The quantitative estimate of drug-likeness (QED) is 0.779. The number of benzene rings is 1. The lowest BCUT2D eigenvalue weighted by molar-refractivity contribution is -0.148. The van der Waals surface area contributed by atoms with Crippen LogP contribution < -0.4 is 0 Å². The van der Waals surface area contributed by atoms with E-state index in [9.17, 15) is 9.59 Å². The van der Waals surface area contributed by atoms with Gasteiger partial charge in [-0.15, -0.1) is 0 Å². The third-order valence-corrected chi connectivity index (χ3v) is 1.79. The van der Waals surface area contributed by atoms with Crippen LogP contribution in [0.1, 0.15) is 25.8 Å². The SMILES string of the molecule is C.O=C(O)CCC(=O)OCc1ccccc1. The van der Waals surface area contributed by atoms with Crippen LogP contribution in [-0.2, 0) is 20.9 Å². The van der Waals surface area contributed by atoms with Crippen molar-refractivity contribution in [2.24, 2.45) is 0 Å². The molecule has 0 heterocycles. The average molecular weight is 224 g/mol. The smallest absolute Gasteiger partial charge is 0.306 e. The molecule has 1 rings (SSSR count). The molecule has 0 aliphatic carbocycles. The summed E-state index contributed by atoms with van der Waals surface area (Å²) in [6.07, 6.45) is -0.268. The topological polar surface area (TPSA) is 63.6 Å². The summed E-state index contributed by atoms with van der Waals surface area (Å²) < 4.78 is 4.88. The van der Waals surface area contributed by atoms with Crippen molar-refractivity contribution in [1.29, 1.82) is 0 Å². The normalized spacial score (nSPS) is 9.00. The van der Waals surface area contributed by atoms with E-state index in [1.54, 1.807) is 0 Å². The number of esters is 1. The number of carbonyl (C=O) groups excluding carboxylic acids is 1. The van der Waals surface area contributed by atoms with Crippen molar-refractivity contribution in [3.8, 4) is 0 Å². The highest BCUT2D eigenvalue weighted by Gasteiger charge is 2.06. The van der Waals surface area contributed by atoms with E-state index >= 15 is 0 Å². The van der Waals surface area contributed by atoms with Crippen LogP contribution in [0, 0.1) is 0 Å². The van der Waals surface area contributed by atoms with E-state index in [1.807, 2.05) is 30.3 Å². The minimum Gasteiger partial charge on any atom is -0.481 e. The molecular weight excluding hydrogens is 208 g/mol. The summed E-state index contributed by atoms with van der Waals surface area (Å²) in [6, 6.07) is 9.24. The van der Waals surface area contributed by atoms with Crippen molar-refractivity contribution in [3.63, 3.8) is 0 Å². The number of rotatable bonds is 5. The van der Waals surface area contributed by atoms with Crippen molar-refractivity contribution in [2.75, 3.05) is 0 Å². The van der Waals surface area contributed by atoms with E-state index in [4.69, 9.17) is 9.84 Å². The van der Waals surface area contributed by atoms with Crippen LogP contribution in [0.15, 0.2) is 30.3 Å². The molecular formula is C12H16O4. The van der Waals surface area contributed by atoms with Crippen LogP contribution in [0.5, 0.6) is 0 Å². The molecule has 0 aromatic heterocycles. The number of carbonyl (C=O) groups is 2. The first-order valence-electron chi connectivity index (χ1n) is 4.60. The van der Waals surface area contributed by atoms with Crippen LogP contribution in [0.25, 0.3) is 0 Å². The molecule has 0 spiro atoms. The van der Waals surface area contributed by atoms with E-state index in [1.165, 1.54) is 0 Å². The van der Waals surface area contributed by atoms with Gasteiger partial charge in [-0.3, -0.25) is 9.59 Å². The zero-order chi connectivity index (χ0) is 11.1. The lowest BCUT2D eigenvalue weighted by Crippen LogP contribution is -2.07. The Morgan fingerprint density at radius 3 is 2.31 bits per heavy atom. The summed E-state index contributed by atoms with van der Waals surface area (Å²) in [5.74, 6) is -1.48. The lowest BCUT2D eigenvalue weighted by atomic mass is 10.2. The number of carboxylic acid groups (broad SMARTS) is 1. The maximum atomic E-state index is 11.0. The molecule has 4 heteroatoms. The summed E-state index contributed by atoms with van der Waals surface area (Å²) in [4.78, 5) is 21.2.